The monoisotopic (exact) mass is 298 g/mol. The van der Waals surface area contributed by atoms with Crippen molar-refractivity contribution in [2.45, 2.75) is 38.6 Å². The number of aromatic nitrogens is 3. The van der Waals surface area contributed by atoms with Gasteiger partial charge < -0.3 is 4.90 Å². The number of rotatable bonds is 3. The number of hydrogen-bond acceptors (Lipinski definition) is 3. The zero-order valence-corrected chi connectivity index (χ0v) is 13.1. The number of amides is 1. The number of piperidine rings is 1. The van der Waals surface area contributed by atoms with Crippen LogP contribution >= 0.6 is 0 Å². The van der Waals surface area contributed by atoms with E-state index in [-0.39, 0.29) is 11.9 Å². The highest BCUT2D eigenvalue weighted by atomic mass is 16.2. The van der Waals surface area contributed by atoms with E-state index < -0.39 is 0 Å². The van der Waals surface area contributed by atoms with Gasteiger partial charge in [0.25, 0.3) is 5.91 Å². The van der Waals surface area contributed by atoms with Crippen LogP contribution in [0.4, 0.5) is 0 Å². The normalized spacial score (nSPS) is 18.7. The molecular weight excluding hydrogens is 276 g/mol. The van der Waals surface area contributed by atoms with Crippen molar-refractivity contribution in [3.63, 3.8) is 0 Å². The second-order valence-electron chi connectivity index (χ2n) is 6.12. The van der Waals surface area contributed by atoms with Crippen LogP contribution in [-0.2, 0) is 0 Å². The number of pyridine rings is 1. The van der Waals surface area contributed by atoms with Crippen LogP contribution < -0.4 is 0 Å². The smallest absolute Gasteiger partial charge is 0.274 e. The molecule has 2 aromatic rings. The van der Waals surface area contributed by atoms with E-state index in [0.717, 1.165) is 31.6 Å². The van der Waals surface area contributed by atoms with Gasteiger partial charge >= 0.3 is 0 Å². The minimum Gasteiger partial charge on any atom is -0.337 e. The molecule has 0 aromatic carbocycles. The van der Waals surface area contributed by atoms with Crippen LogP contribution in [0.25, 0.3) is 0 Å². The van der Waals surface area contributed by atoms with Crippen molar-refractivity contribution < 1.29 is 4.79 Å². The lowest BCUT2D eigenvalue weighted by molar-refractivity contribution is 0.0699. The molecule has 0 bridgehead atoms. The van der Waals surface area contributed by atoms with E-state index in [1.54, 1.807) is 0 Å². The van der Waals surface area contributed by atoms with Crippen molar-refractivity contribution in [1.82, 2.24) is 19.7 Å². The van der Waals surface area contributed by atoms with Crippen LogP contribution in [0.2, 0.25) is 0 Å². The molecule has 0 unspecified atom stereocenters. The third-order valence-electron chi connectivity index (χ3n) is 4.17. The molecule has 22 heavy (non-hydrogen) atoms. The third-order valence-corrected chi connectivity index (χ3v) is 4.17. The van der Waals surface area contributed by atoms with Gasteiger partial charge in [0.1, 0.15) is 5.69 Å². The van der Waals surface area contributed by atoms with Gasteiger partial charge in [-0.2, -0.15) is 5.10 Å². The zero-order chi connectivity index (χ0) is 15.5. The highest BCUT2D eigenvalue weighted by Crippen LogP contribution is 2.26. The fourth-order valence-electron chi connectivity index (χ4n) is 2.92. The van der Waals surface area contributed by atoms with Crippen molar-refractivity contribution in [3.8, 4) is 0 Å². The van der Waals surface area contributed by atoms with Gasteiger partial charge in [-0.05, 0) is 44.9 Å². The molecule has 5 nitrogen and oxygen atoms in total. The van der Waals surface area contributed by atoms with Gasteiger partial charge in [-0.25, -0.2) is 0 Å². The fraction of sp³-hybridized carbons (Fsp3) is 0.471. The lowest BCUT2D eigenvalue weighted by atomic mass is 9.94. The molecular formula is C17H22N4O. The summed E-state index contributed by atoms with van der Waals surface area (Å²) in [4.78, 5) is 19.0. The molecule has 0 aliphatic carbocycles. The van der Waals surface area contributed by atoms with Crippen LogP contribution in [0.5, 0.6) is 0 Å². The van der Waals surface area contributed by atoms with Gasteiger partial charge in [0, 0.05) is 43.1 Å². The molecule has 1 amide bonds. The van der Waals surface area contributed by atoms with Crippen molar-refractivity contribution in [1.29, 1.82) is 0 Å². The molecule has 0 N–H and O–H groups in total. The van der Waals surface area contributed by atoms with Crippen molar-refractivity contribution >= 4 is 5.91 Å². The number of likely N-dealkylation sites (tertiary alicyclic amines) is 1. The van der Waals surface area contributed by atoms with Crippen LogP contribution in [0.15, 0.2) is 36.7 Å². The second kappa shape index (κ2) is 6.30. The van der Waals surface area contributed by atoms with Crippen molar-refractivity contribution in [2.24, 2.45) is 0 Å². The molecule has 0 radical (unpaired) electrons. The summed E-state index contributed by atoms with van der Waals surface area (Å²) < 4.78 is 1.83. The van der Waals surface area contributed by atoms with E-state index in [1.807, 2.05) is 46.2 Å². The number of hydrogen-bond donors (Lipinski definition) is 0. The summed E-state index contributed by atoms with van der Waals surface area (Å²) in [7, 11) is 0. The molecule has 116 valence electrons. The van der Waals surface area contributed by atoms with E-state index in [4.69, 9.17) is 0 Å². The summed E-state index contributed by atoms with van der Waals surface area (Å²) in [5.74, 6) is 0.353. The molecule has 1 atom stereocenters. The molecule has 1 aliphatic heterocycles. The quantitative estimate of drug-likeness (QED) is 0.875. The minimum atomic E-state index is 0.0278. The van der Waals surface area contributed by atoms with Gasteiger partial charge in [0.2, 0.25) is 0 Å². The highest BCUT2D eigenvalue weighted by molar-refractivity contribution is 5.92. The largest absolute Gasteiger partial charge is 0.337 e. The zero-order valence-electron chi connectivity index (χ0n) is 13.1. The maximum absolute atomic E-state index is 12.6. The minimum absolute atomic E-state index is 0.0278. The van der Waals surface area contributed by atoms with Gasteiger partial charge in [-0.15, -0.1) is 0 Å². The molecule has 5 heteroatoms. The number of carbonyl (C=O) groups excluding carboxylic acids is 1. The third kappa shape index (κ3) is 3.03. The average Bonchev–Trinajstić information content (AvgIpc) is 3.05. The molecule has 3 rings (SSSR count). The molecule has 3 heterocycles. The predicted octanol–water partition coefficient (Wildman–Crippen LogP) is 2.88. The standard InChI is InChI=1S/C17H22N4O/c1-13(2)21-11-8-16(19-21)17(22)20-10-5-6-14(12-20)15-7-3-4-9-18-15/h3-4,7-9,11,13-14H,5-6,10,12H2,1-2H3/t14-/m0/s1. The van der Waals surface area contributed by atoms with Gasteiger partial charge in [0.15, 0.2) is 0 Å². The van der Waals surface area contributed by atoms with E-state index in [9.17, 15) is 4.79 Å². The first kappa shape index (κ1) is 14.8. The topological polar surface area (TPSA) is 51.0 Å². The Morgan fingerprint density at radius 2 is 2.18 bits per heavy atom. The van der Waals surface area contributed by atoms with E-state index >= 15 is 0 Å². The van der Waals surface area contributed by atoms with Gasteiger partial charge in [-0.1, -0.05) is 6.07 Å². The van der Waals surface area contributed by atoms with Crippen LogP contribution in [0.1, 0.15) is 54.8 Å². The maximum Gasteiger partial charge on any atom is 0.274 e. The van der Waals surface area contributed by atoms with Crippen LogP contribution in [-0.4, -0.2) is 38.7 Å². The highest BCUT2D eigenvalue weighted by Gasteiger charge is 2.27. The van der Waals surface area contributed by atoms with Gasteiger partial charge in [-0.3, -0.25) is 14.5 Å². The first-order chi connectivity index (χ1) is 10.6. The molecule has 2 aromatic heterocycles. The number of nitrogens with zero attached hydrogens (tertiary/aromatic N) is 4. The number of carbonyl (C=O) groups is 1. The predicted molar refractivity (Wildman–Crippen MR) is 84.7 cm³/mol. The molecule has 0 saturated carbocycles. The Morgan fingerprint density at radius 3 is 2.86 bits per heavy atom. The molecule has 1 saturated heterocycles. The van der Waals surface area contributed by atoms with Gasteiger partial charge in [0.05, 0.1) is 0 Å². The summed E-state index contributed by atoms with van der Waals surface area (Å²) in [6, 6.07) is 8.06. The summed E-state index contributed by atoms with van der Waals surface area (Å²) in [6.07, 6.45) is 5.79. The lowest BCUT2D eigenvalue weighted by Gasteiger charge is -2.32. The Morgan fingerprint density at radius 1 is 1.32 bits per heavy atom. The molecule has 0 spiro atoms. The maximum atomic E-state index is 12.6. The Labute approximate surface area is 131 Å². The summed E-state index contributed by atoms with van der Waals surface area (Å²) in [6.45, 7) is 5.64. The fourth-order valence-corrected chi connectivity index (χ4v) is 2.92. The summed E-state index contributed by atoms with van der Waals surface area (Å²) >= 11 is 0. The summed E-state index contributed by atoms with van der Waals surface area (Å²) in [5.41, 5.74) is 1.61. The van der Waals surface area contributed by atoms with E-state index in [1.165, 1.54) is 0 Å². The van der Waals surface area contributed by atoms with Crippen LogP contribution in [0.3, 0.4) is 0 Å². The second-order valence-corrected chi connectivity index (χ2v) is 6.12. The Bertz CT molecular complexity index is 635. The molecule has 1 fully saturated rings. The van der Waals surface area contributed by atoms with Crippen LogP contribution in [0, 0.1) is 0 Å². The Balaban J connectivity index is 1.72. The van der Waals surface area contributed by atoms with Crippen molar-refractivity contribution in [3.05, 3.63) is 48.0 Å². The summed E-state index contributed by atoms with van der Waals surface area (Å²) in [5, 5.41) is 4.39. The van der Waals surface area contributed by atoms with Crippen molar-refractivity contribution in [2.75, 3.05) is 13.1 Å². The first-order valence-corrected chi connectivity index (χ1v) is 7.90. The van der Waals surface area contributed by atoms with E-state index in [2.05, 4.69) is 23.9 Å². The Kier molecular flexibility index (Phi) is 4.22. The Hall–Kier alpha value is -2.17. The SMILES string of the molecule is CC(C)n1ccc(C(=O)N2CCC[C@H](c3ccccn3)C2)n1. The first-order valence-electron chi connectivity index (χ1n) is 7.90. The average molecular weight is 298 g/mol. The molecule has 1 aliphatic rings. The van der Waals surface area contributed by atoms with E-state index in [0.29, 0.717) is 11.6 Å². The lowest BCUT2D eigenvalue weighted by Crippen LogP contribution is -2.39.